The van der Waals surface area contributed by atoms with E-state index in [1.165, 1.54) is 67.4 Å². The third-order valence-electron chi connectivity index (χ3n) is 12.4. The molecule has 1 aliphatic heterocycles. The van der Waals surface area contributed by atoms with E-state index in [0.29, 0.717) is 5.41 Å². The summed E-state index contributed by atoms with van der Waals surface area (Å²) < 4.78 is 0. The molecular weight excluding hydrogens is 436 g/mol. The van der Waals surface area contributed by atoms with E-state index in [0.717, 1.165) is 23.7 Å². The Labute approximate surface area is 218 Å². The SMILES string of the molecule is CCC12CCC(=Cc3ccc(N(C)C)c(C4CC5CCC6CC4C56C)c3)C1(C)Nc1ccc(C)cc12. The lowest BCUT2D eigenvalue weighted by Crippen LogP contribution is -2.46. The first-order valence-corrected chi connectivity index (χ1v) is 14.6. The molecular formula is C34H44N2. The number of nitrogens with one attached hydrogen (secondary N) is 1. The van der Waals surface area contributed by atoms with Crippen LogP contribution in [0.4, 0.5) is 11.4 Å². The number of fused-ring (bicyclic) bond motifs is 3. The minimum absolute atomic E-state index is 0.00266. The molecule has 2 heteroatoms. The third-order valence-corrected chi connectivity index (χ3v) is 12.4. The second kappa shape index (κ2) is 7.42. The fourth-order valence-electron chi connectivity index (χ4n) is 10.2. The zero-order valence-electron chi connectivity index (χ0n) is 23.2. The van der Waals surface area contributed by atoms with Gasteiger partial charge in [-0.25, -0.2) is 0 Å². The van der Waals surface area contributed by atoms with Crippen LogP contribution in [0.1, 0.15) is 93.9 Å². The van der Waals surface area contributed by atoms with Crippen LogP contribution in [0, 0.1) is 30.1 Å². The van der Waals surface area contributed by atoms with Crippen LogP contribution in [-0.2, 0) is 5.41 Å². The molecule has 7 unspecified atom stereocenters. The first-order valence-electron chi connectivity index (χ1n) is 14.6. The van der Waals surface area contributed by atoms with Gasteiger partial charge in [-0.3, -0.25) is 0 Å². The Kier molecular flexibility index (Phi) is 4.73. The van der Waals surface area contributed by atoms with Gasteiger partial charge in [0.05, 0.1) is 5.54 Å². The van der Waals surface area contributed by atoms with Gasteiger partial charge < -0.3 is 10.2 Å². The standard InChI is InChI=1S/C34H44N2/c1-7-34-15-14-25(33(34,4)35-30-12-8-21(2)16-29(30)34)17-22-9-13-31(36(5)6)27(18-22)26-19-23-10-11-24-20-28(26)32(23,24)3/h8-9,12-13,16-18,23-24,26,28,35H,7,10-11,14-15,19-20H2,1-6H3. The first kappa shape index (κ1) is 22.9. The van der Waals surface area contributed by atoms with E-state index in [1.807, 2.05) is 0 Å². The van der Waals surface area contributed by atoms with Crippen LogP contribution in [0.2, 0.25) is 0 Å². The molecule has 4 saturated carbocycles. The minimum atomic E-state index is -0.00266. The highest BCUT2D eigenvalue weighted by Gasteiger charge is 2.65. The van der Waals surface area contributed by atoms with Crippen molar-refractivity contribution < 1.29 is 0 Å². The van der Waals surface area contributed by atoms with Gasteiger partial charge in [-0.2, -0.15) is 0 Å². The van der Waals surface area contributed by atoms with E-state index in [1.54, 1.807) is 16.7 Å². The predicted molar refractivity (Wildman–Crippen MR) is 153 cm³/mol. The van der Waals surface area contributed by atoms with Crippen molar-refractivity contribution in [3.8, 4) is 0 Å². The molecule has 2 aromatic carbocycles. The van der Waals surface area contributed by atoms with E-state index in [2.05, 4.69) is 94.5 Å². The summed E-state index contributed by atoms with van der Waals surface area (Å²) in [4.78, 5) is 2.36. The highest BCUT2D eigenvalue weighted by Crippen LogP contribution is 2.74. The van der Waals surface area contributed by atoms with Crippen molar-refractivity contribution in [2.45, 2.75) is 89.5 Å². The van der Waals surface area contributed by atoms with Crippen molar-refractivity contribution in [1.82, 2.24) is 0 Å². The summed E-state index contributed by atoms with van der Waals surface area (Å²) in [5.41, 5.74) is 11.2. The Morgan fingerprint density at radius 2 is 1.81 bits per heavy atom. The average molecular weight is 481 g/mol. The molecule has 0 spiro atoms. The van der Waals surface area contributed by atoms with Gasteiger partial charge in [0.1, 0.15) is 0 Å². The van der Waals surface area contributed by atoms with Crippen molar-refractivity contribution >= 4 is 17.5 Å². The van der Waals surface area contributed by atoms with Gasteiger partial charge in [-0.05, 0) is 128 Å². The molecule has 0 aromatic heterocycles. The predicted octanol–water partition coefficient (Wildman–Crippen LogP) is 8.31. The van der Waals surface area contributed by atoms with E-state index >= 15 is 0 Å². The van der Waals surface area contributed by atoms with Crippen LogP contribution in [0.25, 0.3) is 6.08 Å². The maximum absolute atomic E-state index is 4.03. The summed E-state index contributed by atoms with van der Waals surface area (Å²) in [7, 11) is 4.46. The smallest absolute Gasteiger partial charge is 0.0657 e. The molecule has 1 heterocycles. The molecule has 5 aliphatic rings. The van der Waals surface area contributed by atoms with Crippen molar-refractivity contribution in [1.29, 1.82) is 0 Å². The lowest BCUT2D eigenvalue weighted by atomic mass is 9.54. The van der Waals surface area contributed by atoms with Crippen LogP contribution >= 0.6 is 0 Å². The highest BCUT2D eigenvalue weighted by molar-refractivity contribution is 5.74. The van der Waals surface area contributed by atoms with Gasteiger partial charge >= 0.3 is 0 Å². The third kappa shape index (κ3) is 2.69. The molecule has 4 aliphatic carbocycles. The second-order valence-corrected chi connectivity index (χ2v) is 13.6. The van der Waals surface area contributed by atoms with E-state index in [-0.39, 0.29) is 11.0 Å². The molecule has 0 amide bonds. The molecule has 0 radical (unpaired) electrons. The molecule has 0 saturated heterocycles. The fraction of sp³-hybridized carbons (Fsp3) is 0.588. The highest BCUT2D eigenvalue weighted by atomic mass is 15.1. The van der Waals surface area contributed by atoms with Crippen LogP contribution in [0.3, 0.4) is 0 Å². The Morgan fingerprint density at radius 1 is 1.03 bits per heavy atom. The molecule has 2 aromatic rings. The molecule has 7 rings (SSSR count). The maximum Gasteiger partial charge on any atom is 0.0657 e. The number of hydrogen-bond acceptors (Lipinski definition) is 2. The van der Waals surface area contributed by atoms with Gasteiger partial charge in [-0.15, -0.1) is 0 Å². The average Bonchev–Trinajstić information content (AvgIpc) is 3.41. The number of rotatable bonds is 4. The monoisotopic (exact) mass is 480 g/mol. The van der Waals surface area contributed by atoms with Gasteiger partial charge in [-0.1, -0.05) is 43.7 Å². The molecule has 36 heavy (non-hydrogen) atoms. The Balaban J connectivity index is 1.28. The summed E-state index contributed by atoms with van der Waals surface area (Å²) in [6.07, 6.45) is 12.0. The van der Waals surface area contributed by atoms with Crippen LogP contribution in [-0.4, -0.2) is 19.6 Å². The van der Waals surface area contributed by atoms with Crippen molar-refractivity contribution in [2.75, 3.05) is 24.3 Å². The quantitative estimate of drug-likeness (QED) is 0.473. The maximum atomic E-state index is 4.03. The number of anilines is 2. The molecule has 190 valence electrons. The van der Waals surface area contributed by atoms with Gasteiger partial charge in [0, 0.05) is 30.9 Å². The topological polar surface area (TPSA) is 15.3 Å². The normalized spacial score (nSPS) is 40.6. The van der Waals surface area contributed by atoms with Crippen molar-refractivity contribution in [2.24, 2.45) is 23.2 Å². The number of benzene rings is 2. The lowest BCUT2D eigenvalue weighted by molar-refractivity contribution is -0.00907. The molecule has 4 fully saturated rings. The van der Waals surface area contributed by atoms with Crippen molar-refractivity contribution in [3.05, 3.63) is 64.2 Å². The van der Waals surface area contributed by atoms with Gasteiger partial charge in [0.25, 0.3) is 0 Å². The minimum Gasteiger partial charge on any atom is -0.377 e. The van der Waals surface area contributed by atoms with Gasteiger partial charge in [0.2, 0.25) is 0 Å². The first-order chi connectivity index (χ1) is 17.2. The van der Waals surface area contributed by atoms with Crippen LogP contribution in [0.15, 0.2) is 42.0 Å². The summed E-state index contributed by atoms with van der Waals surface area (Å²) in [6.45, 7) is 9.75. The lowest BCUT2D eigenvalue weighted by Gasteiger charge is -2.51. The van der Waals surface area contributed by atoms with Crippen molar-refractivity contribution in [3.63, 3.8) is 0 Å². The van der Waals surface area contributed by atoms with Crippen LogP contribution < -0.4 is 10.2 Å². The van der Waals surface area contributed by atoms with Gasteiger partial charge in [0.15, 0.2) is 0 Å². The molecule has 2 nitrogen and oxygen atoms in total. The Bertz CT molecular complexity index is 1270. The summed E-state index contributed by atoms with van der Waals surface area (Å²) in [5, 5.41) is 4.03. The summed E-state index contributed by atoms with van der Waals surface area (Å²) >= 11 is 0. The number of hydrogen-bond donors (Lipinski definition) is 1. The van der Waals surface area contributed by atoms with Crippen LogP contribution in [0.5, 0.6) is 0 Å². The number of nitrogens with zero attached hydrogens (tertiary/aromatic N) is 1. The Hall–Kier alpha value is -2.22. The van der Waals surface area contributed by atoms with E-state index < -0.39 is 0 Å². The second-order valence-electron chi connectivity index (χ2n) is 13.6. The summed E-state index contributed by atoms with van der Waals surface area (Å²) in [5.74, 6) is 3.58. The largest absolute Gasteiger partial charge is 0.377 e. The molecule has 0 bridgehead atoms. The summed E-state index contributed by atoms with van der Waals surface area (Å²) in [6, 6.07) is 14.4. The fourth-order valence-corrected chi connectivity index (χ4v) is 10.2. The molecule has 1 N–H and O–H groups in total. The van der Waals surface area contributed by atoms with E-state index in [4.69, 9.17) is 0 Å². The Morgan fingerprint density at radius 3 is 2.53 bits per heavy atom. The van der Waals surface area contributed by atoms with E-state index in [9.17, 15) is 0 Å². The molecule has 7 atom stereocenters. The zero-order valence-corrected chi connectivity index (χ0v) is 23.2. The zero-order chi connectivity index (χ0) is 25.0. The number of aryl methyl sites for hydroxylation is 1.